The number of nitrogens with zero attached hydrogens (tertiary/aromatic N) is 2. The zero-order valence-corrected chi connectivity index (χ0v) is 8.06. The van der Waals surface area contributed by atoms with E-state index in [-0.39, 0.29) is 17.7 Å². The van der Waals surface area contributed by atoms with Gasteiger partial charge in [0, 0.05) is 5.56 Å². The molecule has 5 heteroatoms. The minimum Gasteiger partial charge on any atom is -0.298 e. The van der Waals surface area contributed by atoms with Crippen molar-refractivity contribution in [2.75, 3.05) is 0 Å². The van der Waals surface area contributed by atoms with Gasteiger partial charge in [0.25, 0.3) is 5.69 Å². The van der Waals surface area contributed by atoms with Crippen LogP contribution in [0.1, 0.15) is 21.5 Å². The fourth-order valence-electron chi connectivity index (χ4n) is 1.42. The molecule has 0 unspecified atom stereocenters. The number of rotatable bonds is 3. The van der Waals surface area contributed by atoms with Gasteiger partial charge in [-0.05, 0) is 24.6 Å². The fraction of sp³-hybridized carbons (Fsp3) is 0.200. The van der Waals surface area contributed by atoms with Crippen molar-refractivity contribution in [3.63, 3.8) is 0 Å². The molecule has 0 amide bonds. The first kappa shape index (κ1) is 10.9. The lowest BCUT2D eigenvalue weighted by Crippen LogP contribution is -1.99. The molecule has 0 aliphatic rings. The van der Waals surface area contributed by atoms with Gasteiger partial charge in [-0.3, -0.25) is 14.9 Å². The monoisotopic (exact) mass is 204 g/mol. The van der Waals surface area contributed by atoms with Crippen molar-refractivity contribution < 1.29 is 9.72 Å². The van der Waals surface area contributed by atoms with Gasteiger partial charge in [0.15, 0.2) is 6.29 Å². The zero-order chi connectivity index (χ0) is 11.4. The van der Waals surface area contributed by atoms with Crippen LogP contribution in [0.4, 0.5) is 5.69 Å². The number of aryl methyl sites for hydroxylation is 1. The predicted octanol–water partition coefficient (Wildman–Crippen LogP) is 1.78. The Labute approximate surface area is 86.1 Å². The smallest absolute Gasteiger partial charge is 0.282 e. The summed E-state index contributed by atoms with van der Waals surface area (Å²) in [5.41, 5.74) is 0.842. The lowest BCUT2D eigenvalue weighted by molar-refractivity contribution is -0.385. The standard InChI is InChI=1S/C10H8N2O3/c1-7-4-8(2-3-11)5-9(6-13)10(7)12(14)15/h4-6H,2H2,1H3. The Hall–Kier alpha value is -2.22. The number of benzene rings is 1. The summed E-state index contributed by atoms with van der Waals surface area (Å²) in [5, 5.41) is 19.1. The molecule has 0 saturated heterocycles. The van der Waals surface area contributed by atoms with Crippen molar-refractivity contribution in [3.8, 4) is 6.07 Å². The van der Waals surface area contributed by atoms with Gasteiger partial charge >= 0.3 is 0 Å². The molecule has 0 aromatic heterocycles. The largest absolute Gasteiger partial charge is 0.298 e. The van der Waals surface area contributed by atoms with E-state index in [2.05, 4.69) is 0 Å². The van der Waals surface area contributed by atoms with Crippen molar-refractivity contribution in [3.05, 3.63) is 38.9 Å². The van der Waals surface area contributed by atoms with Gasteiger partial charge < -0.3 is 0 Å². The van der Waals surface area contributed by atoms with Gasteiger partial charge in [-0.15, -0.1) is 0 Å². The number of aldehydes is 1. The lowest BCUT2D eigenvalue weighted by atomic mass is 10.0. The van der Waals surface area contributed by atoms with E-state index in [0.717, 1.165) is 0 Å². The number of hydrogen-bond donors (Lipinski definition) is 0. The van der Waals surface area contributed by atoms with E-state index in [1.165, 1.54) is 6.07 Å². The molecule has 0 aliphatic carbocycles. The SMILES string of the molecule is Cc1cc(CC#N)cc(C=O)c1[N+](=O)[O-]. The van der Waals surface area contributed by atoms with E-state index < -0.39 is 4.92 Å². The van der Waals surface area contributed by atoms with Crippen LogP contribution in [0.5, 0.6) is 0 Å². The first-order chi connectivity index (χ1) is 7.10. The predicted molar refractivity (Wildman–Crippen MR) is 52.5 cm³/mol. The number of carbonyl (C=O) groups excluding carboxylic acids is 1. The average molecular weight is 204 g/mol. The highest BCUT2D eigenvalue weighted by atomic mass is 16.6. The van der Waals surface area contributed by atoms with Crippen molar-refractivity contribution >= 4 is 12.0 Å². The van der Waals surface area contributed by atoms with Gasteiger partial charge in [-0.2, -0.15) is 5.26 Å². The molecule has 5 nitrogen and oxygen atoms in total. The minimum absolute atomic E-state index is 0.0188. The Morgan fingerprint density at radius 1 is 1.60 bits per heavy atom. The maximum atomic E-state index is 10.7. The molecule has 1 aromatic rings. The Bertz CT molecular complexity index is 460. The van der Waals surface area contributed by atoms with Gasteiger partial charge in [0.2, 0.25) is 0 Å². The molecule has 1 rings (SSSR count). The Balaban J connectivity index is 3.38. The molecule has 0 bridgehead atoms. The van der Waals surface area contributed by atoms with Gasteiger partial charge in [0.1, 0.15) is 0 Å². The molecule has 0 heterocycles. The molecule has 0 fully saturated rings. The molecule has 76 valence electrons. The molecule has 0 radical (unpaired) electrons. The molecule has 0 atom stereocenters. The van der Waals surface area contributed by atoms with Gasteiger partial charge in [0.05, 0.1) is 23.0 Å². The van der Waals surface area contributed by atoms with Crippen molar-refractivity contribution in [2.45, 2.75) is 13.3 Å². The second kappa shape index (κ2) is 4.33. The summed E-state index contributed by atoms with van der Waals surface area (Å²) >= 11 is 0. The van der Waals surface area contributed by atoms with E-state index >= 15 is 0 Å². The molecule has 0 aliphatic heterocycles. The van der Waals surface area contributed by atoms with Crippen LogP contribution in [-0.4, -0.2) is 11.2 Å². The number of nitro groups is 1. The third kappa shape index (κ3) is 2.17. The second-order valence-electron chi connectivity index (χ2n) is 3.06. The van der Waals surface area contributed by atoms with E-state index in [9.17, 15) is 14.9 Å². The van der Waals surface area contributed by atoms with E-state index in [0.29, 0.717) is 17.4 Å². The molecular formula is C10H8N2O3. The van der Waals surface area contributed by atoms with E-state index in [4.69, 9.17) is 5.26 Å². The molecule has 0 N–H and O–H groups in total. The summed E-state index contributed by atoms with van der Waals surface area (Å²) in [7, 11) is 0. The number of nitriles is 1. The number of hydrogen-bond acceptors (Lipinski definition) is 4. The van der Waals surface area contributed by atoms with Gasteiger partial charge in [-0.25, -0.2) is 0 Å². The third-order valence-corrected chi connectivity index (χ3v) is 1.98. The summed E-state index contributed by atoms with van der Waals surface area (Å²) in [4.78, 5) is 20.7. The maximum Gasteiger partial charge on any atom is 0.282 e. The zero-order valence-electron chi connectivity index (χ0n) is 8.06. The summed E-state index contributed by atoms with van der Waals surface area (Å²) in [6, 6.07) is 4.85. The second-order valence-corrected chi connectivity index (χ2v) is 3.06. The van der Waals surface area contributed by atoms with Crippen LogP contribution in [0.25, 0.3) is 0 Å². The first-order valence-electron chi connectivity index (χ1n) is 4.20. The topological polar surface area (TPSA) is 84.0 Å². The molecule has 0 saturated carbocycles. The minimum atomic E-state index is -0.588. The summed E-state index contributed by atoms with van der Waals surface area (Å²) in [6.45, 7) is 1.55. The molecule has 1 aromatic carbocycles. The van der Waals surface area contributed by atoms with E-state index in [1.54, 1.807) is 13.0 Å². The normalized spacial score (nSPS) is 9.33. The highest BCUT2D eigenvalue weighted by molar-refractivity contribution is 5.83. The van der Waals surface area contributed by atoms with Crippen LogP contribution in [0.3, 0.4) is 0 Å². The first-order valence-corrected chi connectivity index (χ1v) is 4.20. The third-order valence-electron chi connectivity index (χ3n) is 1.98. The molecule has 15 heavy (non-hydrogen) atoms. The Kier molecular flexibility index (Phi) is 3.13. The molecule has 0 spiro atoms. The molecular weight excluding hydrogens is 196 g/mol. The Morgan fingerprint density at radius 2 is 2.27 bits per heavy atom. The Morgan fingerprint density at radius 3 is 2.73 bits per heavy atom. The van der Waals surface area contributed by atoms with Crippen LogP contribution < -0.4 is 0 Å². The quantitative estimate of drug-likeness (QED) is 0.426. The summed E-state index contributed by atoms with van der Waals surface area (Å²) < 4.78 is 0. The van der Waals surface area contributed by atoms with Crippen LogP contribution in [0.2, 0.25) is 0 Å². The van der Waals surface area contributed by atoms with Crippen LogP contribution in [0, 0.1) is 28.4 Å². The number of nitro benzene ring substituents is 1. The summed E-state index contributed by atoms with van der Waals surface area (Å²) in [5.74, 6) is 0. The fourth-order valence-corrected chi connectivity index (χ4v) is 1.42. The average Bonchev–Trinajstić information content (AvgIpc) is 2.16. The van der Waals surface area contributed by atoms with Crippen molar-refractivity contribution in [1.82, 2.24) is 0 Å². The van der Waals surface area contributed by atoms with Gasteiger partial charge in [-0.1, -0.05) is 0 Å². The highest BCUT2D eigenvalue weighted by Crippen LogP contribution is 2.23. The summed E-state index contributed by atoms with van der Waals surface area (Å²) in [6.07, 6.45) is 0.575. The highest BCUT2D eigenvalue weighted by Gasteiger charge is 2.17. The van der Waals surface area contributed by atoms with Crippen LogP contribution >= 0.6 is 0 Å². The van der Waals surface area contributed by atoms with Crippen molar-refractivity contribution in [1.29, 1.82) is 5.26 Å². The van der Waals surface area contributed by atoms with Crippen LogP contribution in [-0.2, 0) is 6.42 Å². The van der Waals surface area contributed by atoms with E-state index in [1.807, 2.05) is 6.07 Å². The lowest BCUT2D eigenvalue weighted by Gasteiger charge is -2.02. The van der Waals surface area contributed by atoms with Crippen molar-refractivity contribution in [2.24, 2.45) is 0 Å². The maximum absolute atomic E-state index is 10.7. The van der Waals surface area contributed by atoms with Crippen LogP contribution in [0.15, 0.2) is 12.1 Å². The number of carbonyl (C=O) groups is 1.